The van der Waals surface area contributed by atoms with Crippen molar-refractivity contribution in [3.63, 3.8) is 0 Å². The van der Waals surface area contributed by atoms with Crippen LogP contribution in [0.25, 0.3) is 0 Å². The van der Waals surface area contributed by atoms with Gasteiger partial charge in [0.2, 0.25) is 0 Å². The van der Waals surface area contributed by atoms with Gasteiger partial charge in [0.15, 0.2) is 12.2 Å². The van der Waals surface area contributed by atoms with Gasteiger partial charge in [-0.15, -0.1) is 0 Å². The number of phosphoric acid groups is 2. The van der Waals surface area contributed by atoms with Gasteiger partial charge in [0, 0.05) is 19.3 Å². The monoisotopic (exact) mass is 1520 g/mol. The Labute approximate surface area is 641 Å². The second-order valence-electron chi connectivity index (χ2n) is 25.9. The van der Waals surface area contributed by atoms with Gasteiger partial charge < -0.3 is 33.8 Å². The minimum absolute atomic E-state index is 0.0298. The summed E-state index contributed by atoms with van der Waals surface area (Å²) in [7, 11) is -10.0. The predicted octanol–water partition coefficient (Wildman–Crippen LogP) is 23.6. The van der Waals surface area contributed by atoms with Crippen molar-refractivity contribution in [2.24, 2.45) is 0 Å². The molecule has 0 bridgehead atoms. The lowest BCUT2D eigenvalue weighted by Crippen LogP contribution is -2.30. The molecular formula is C87H140O17P2. The number of rotatable bonds is 73. The number of aliphatic hydroxyl groups excluding tert-OH is 1. The molecule has 0 aliphatic carbocycles. The first-order valence-corrected chi connectivity index (χ1v) is 43.0. The SMILES string of the molecule is CC/C=C\C/C=C\C/C=C\C/C=C\C/C=C\C/C=C\CCC(=O)OCC(COP(=O)(O)OCC(O)COP(=O)(O)OCC(COC(=O)CCCCCCCC/C=C\C/C=C\C/C=C\C/C=C\CC)OC(=O)C/C=C\C/C=C\C/C=C\C/C=C\C/C=C\CC)OC(=O)CCCCCCCCCCCCCCC. The van der Waals surface area contributed by atoms with E-state index < -0.39 is 97.5 Å². The second kappa shape index (κ2) is 77.3. The van der Waals surface area contributed by atoms with E-state index in [9.17, 15) is 43.2 Å². The molecule has 0 aliphatic rings. The number of hydrogen-bond acceptors (Lipinski definition) is 15. The lowest BCUT2D eigenvalue weighted by atomic mass is 10.0. The maximum absolute atomic E-state index is 13.1. The van der Waals surface area contributed by atoms with Gasteiger partial charge in [0.05, 0.1) is 32.8 Å². The van der Waals surface area contributed by atoms with Crippen LogP contribution < -0.4 is 0 Å². The van der Waals surface area contributed by atoms with Gasteiger partial charge in [0.1, 0.15) is 19.3 Å². The Morgan fingerprint density at radius 2 is 0.547 bits per heavy atom. The zero-order chi connectivity index (χ0) is 77.4. The standard InChI is InChI=1S/C87H140O17P2/c1-5-9-13-17-21-25-29-33-36-38-40-42-45-48-51-55-59-63-67-71-84(89)97-77-82(103-86(91)73-69-65-61-57-53-47-32-28-24-20-16-12-8-4)79-101-105(93,94)99-75-81(88)76-100-106(95,96)102-80-83(104-87(92)74-70-66-62-58-54-50-44-35-31-27-23-19-15-11-7-3)78-98-85(90)72-68-64-60-56-52-49-46-43-41-39-37-34-30-26-22-18-14-10-6-2/h9-11,13-15,21-23,25-27,33-37,40-44,48,51,54,58-59,63,66,70,81-83,88H,5-8,12,16-20,24,28-32,38-39,45-47,49-50,52-53,55-57,60-62,64-65,67-69,71-80H2,1-4H3,(H,93,94)(H,95,96)/b13-9-,14-10-,15-11-,25-21-,26-22-,27-23-,36-33-,37-34-,42-40-,43-41-,44-35-,51-48-,58-54-,63-59-,70-66-. The Morgan fingerprint density at radius 1 is 0.283 bits per heavy atom. The number of esters is 4. The molecule has 17 nitrogen and oxygen atoms in total. The highest BCUT2D eigenvalue weighted by Gasteiger charge is 2.30. The molecule has 0 fully saturated rings. The molecule has 0 amide bonds. The van der Waals surface area contributed by atoms with Gasteiger partial charge in [-0.3, -0.25) is 37.3 Å². The normalized spacial score (nSPS) is 14.8. The summed E-state index contributed by atoms with van der Waals surface area (Å²) in [5.74, 6) is -2.45. The largest absolute Gasteiger partial charge is 0.472 e. The highest BCUT2D eigenvalue weighted by molar-refractivity contribution is 7.47. The van der Waals surface area contributed by atoms with Crippen LogP contribution in [0.5, 0.6) is 0 Å². The molecule has 0 aliphatic heterocycles. The van der Waals surface area contributed by atoms with Crippen LogP contribution in [0.4, 0.5) is 0 Å². The first-order chi connectivity index (χ1) is 51.7. The van der Waals surface area contributed by atoms with Gasteiger partial charge in [-0.25, -0.2) is 9.13 Å². The second-order valence-corrected chi connectivity index (χ2v) is 28.8. The molecule has 0 saturated heterocycles. The lowest BCUT2D eigenvalue weighted by Gasteiger charge is -2.21. The van der Waals surface area contributed by atoms with Crippen LogP contribution in [0.1, 0.15) is 285 Å². The molecule has 0 heterocycles. The van der Waals surface area contributed by atoms with Crippen LogP contribution in [0.2, 0.25) is 0 Å². The van der Waals surface area contributed by atoms with Crippen LogP contribution >= 0.6 is 15.6 Å². The van der Waals surface area contributed by atoms with Gasteiger partial charge in [0.25, 0.3) is 0 Å². The van der Waals surface area contributed by atoms with E-state index in [0.29, 0.717) is 32.1 Å². The number of carbonyl (C=O) groups is 4. The summed E-state index contributed by atoms with van der Waals surface area (Å²) in [5.41, 5.74) is 0. The molecule has 0 rings (SSSR count). The van der Waals surface area contributed by atoms with Crippen molar-refractivity contribution < 1.29 is 80.2 Å². The molecule has 0 aromatic carbocycles. The van der Waals surface area contributed by atoms with E-state index in [1.807, 2.05) is 30.4 Å². The van der Waals surface area contributed by atoms with Crippen molar-refractivity contribution in [3.8, 4) is 0 Å². The quantitative estimate of drug-likeness (QED) is 0.0169. The lowest BCUT2D eigenvalue weighted by molar-refractivity contribution is -0.161. The highest BCUT2D eigenvalue weighted by atomic mass is 31.2. The third kappa shape index (κ3) is 76.4. The first kappa shape index (κ1) is 100. The molecular weight excluding hydrogens is 1380 g/mol. The highest BCUT2D eigenvalue weighted by Crippen LogP contribution is 2.45. The third-order valence-electron chi connectivity index (χ3n) is 15.9. The van der Waals surface area contributed by atoms with Crippen LogP contribution in [-0.4, -0.2) is 96.7 Å². The predicted molar refractivity (Wildman–Crippen MR) is 436 cm³/mol. The van der Waals surface area contributed by atoms with Crippen LogP contribution in [-0.2, 0) is 65.4 Å². The molecule has 0 aromatic rings. The molecule has 19 heteroatoms. The number of allylic oxidation sites excluding steroid dienone is 29. The molecule has 106 heavy (non-hydrogen) atoms. The minimum atomic E-state index is -5.02. The van der Waals surface area contributed by atoms with E-state index in [0.717, 1.165) is 148 Å². The maximum atomic E-state index is 13.1. The van der Waals surface area contributed by atoms with E-state index in [1.54, 1.807) is 12.2 Å². The third-order valence-corrected chi connectivity index (χ3v) is 17.8. The molecule has 5 atom stereocenters. The van der Waals surface area contributed by atoms with E-state index in [1.165, 1.54) is 51.4 Å². The van der Waals surface area contributed by atoms with Crippen molar-refractivity contribution >= 4 is 39.5 Å². The fourth-order valence-electron chi connectivity index (χ4n) is 9.96. The molecule has 0 saturated carbocycles. The summed E-state index contributed by atoms with van der Waals surface area (Å²) in [4.78, 5) is 72.9. The van der Waals surface area contributed by atoms with Crippen LogP contribution in [0.3, 0.4) is 0 Å². The summed E-state index contributed by atoms with van der Waals surface area (Å²) in [6, 6.07) is 0. The summed E-state index contributed by atoms with van der Waals surface area (Å²) in [6.45, 7) is 4.30. The minimum Gasteiger partial charge on any atom is -0.462 e. The molecule has 0 aromatic heterocycles. The molecule has 3 N–H and O–H groups in total. The van der Waals surface area contributed by atoms with Crippen molar-refractivity contribution in [2.45, 2.75) is 303 Å². The summed E-state index contributed by atoms with van der Waals surface area (Å²) in [6.07, 6.45) is 93.5. The Morgan fingerprint density at radius 3 is 0.896 bits per heavy atom. The van der Waals surface area contributed by atoms with E-state index in [4.69, 9.17) is 37.0 Å². The fraction of sp³-hybridized carbons (Fsp3) is 0.609. The van der Waals surface area contributed by atoms with E-state index >= 15 is 0 Å². The number of ether oxygens (including phenoxy) is 4. The van der Waals surface area contributed by atoms with Crippen molar-refractivity contribution in [3.05, 3.63) is 182 Å². The smallest absolute Gasteiger partial charge is 0.462 e. The number of unbranched alkanes of at least 4 members (excludes halogenated alkanes) is 18. The molecule has 5 unspecified atom stereocenters. The van der Waals surface area contributed by atoms with Crippen molar-refractivity contribution in [1.82, 2.24) is 0 Å². The Bertz CT molecular complexity index is 2730. The van der Waals surface area contributed by atoms with Crippen molar-refractivity contribution in [2.75, 3.05) is 39.6 Å². The maximum Gasteiger partial charge on any atom is 0.472 e. The van der Waals surface area contributed by atoms with E-state index in [-0.39, 0.29) is 25.7 Å². The number of aliphatic hydroxyl groups is 1. The Kier molecular flexibility index (Phi) is 73.1. The van der Waals surface area contributed by atoms with Gasteiger partial charge in [-0.05, 0) is 128 Å². The average molecular weight is 1520 g/mol. The molecule has 0 radical (unpaired) electrons. The van der Waals surface area contributed by atoms with Crippen LogP contribution in [0, 0.1) is 0 Å². The number of carbonyl (C=O) groups excluding carboxylic acids is 4. The van der Waals surface area contributed by atoms with E-state index in [2.05, 4.69) is 167 Å². The topological polar surface area (TPSA) is 237 Å². The average Bonchev–Trinajstić information content (AvgIpc) is 0.901. The summed E-state index contributed by atoms with van der Waals surface area (Å²) < 4.78 is 68.4. The Balaban J connectivity index is 5.49. The molecule has 0 spiro atoms. The van der Waals surface area contributed by atoms with Gasteiger partial charge >= 0.3 is 39.5 Å². The zero-order valence-electron chi connectivity index (χ0n) is 65.5. The zero-order valence-corrected chi connectivity index (χ0v) is 67.3. The fourth-order valence-corrected chi connectivity index (χ4v) is 11.5. The van der Waals surface area contributed by atoms with Gasteiger partial charge in [-0.1, -0.05) is 313 Å². The summed E-state index contributed by atoms with van der Waals surface area (Å²) in [5, 5.41) is 10.6. The number of phosphoric ester groups is 2. The van der Waals surface area contributed by atoms with Crippen molar-refractivity contribution in [1.29, 1.82) is 0 Å². The summed E-state index contributed by atoms with van der Waals surface area (Å²) >= 11 is 0. The molecule has 600 valence electrons. The van der Waals surface area contributed by atoms with Gasteiger partial charge in [-0.2, -0.15) is 0 Å². The number of hydrogen-bond donors (Lipinski definition) is 3. The van der Waals surface area contributed by atoms with Crippen LogP contribution in [0.15, 0.2) is 182 Å². The first-order valence-electron chi connectivity index (χ1n) is 40.0. The Hall–Kier alpha value is -5.84.